The molecule has 0 fully saturated rings. The average Bonchev–Trinajstić information content (AvgIpc) is 2.46. The van der Waals surface area contributed by atoms with Crippen LogP contribution in [0.5, 0.6) is 0 Å². The molecule has 19 heavy (non-hydrogen) atoms. The van der Waals surface area contributed by atoms with Crippen molar-refractivity contribution in [3.63, 3.8) is 0 Å². The maximum absolute atomic E-state index is 11.3. The van der Waals surface area contributed by atoms with E-state index in [9.17, 15) is 4.79 Å². The third-order valence-corrected chi connectivity index (χ3v) is 3.08. The molecule has 1 heterocycles. The van der Waals surface area contributed by atoms with Crippen LogP contribution in [0.4, 0.5) is 5.82 Å². The molecule has 2 rings (SSSR count). The third kappa shape index (κ3) is 3.51. The SMILES string of the molecule is COC(=O)c1ccc(CNc2ncncc2Br)cc1. The lowest BCUT2D eigenvalue weighted by Gasteiger charge is -2.07. The first-order chi connectivity index (χ1) is 9.20. The standard InChI is InChI=1S/C13H12BrN3O2/c1-19-13(18)10-4-2-9(3-5-10)6-16-12-11(14)7-15-8-17-12/h2-5,7-8H,6H2,1H3,(H,15,16,17). The molecule has 0 aliphatic rings. The number of methoxy groups -OCH3 is 1. The molecule has 0 spiro atoms. The van der Waals surface area contributed by atoms with Crippen LogP contribution in [0.1, 0.15) is 15.9 Å². The summed E-state index contributed by atoms with van der Waals surface area (Å²) in [5.74, 6) is 0.394. The molecule has 0 radical (unpaired) electrons. The quantitative estimate of drug-likeness (QED) is 0.877. The summed E-state index contributed by atoms with van der Waals surface area (Å²) in [6, 6.07) is 7.21. The van der Waals surface area contributed by atoms with Crippen molar-refractivity contribution in [3.05, 3.63) is 52.4 Å². The number of hydrogen-bond donors (Lipinski definition) is 1. The fraction of sp³-hybridized carbons (Fsp3) is 0.154. The number of esters is 1. The van der Waals surface area contributed by atoms with Gasteiger partial charge in [0.25, 0.3) is 0 Å². The molecule has 5 nitrogen and oxygen atoms in total. The molecule has 0 unspecified atom stereocenters. The molecule has 0 bridgehead atoms. The maximum atomic E-state index is 11.3. The number of nitrogens with one attached hydrogen (secondary N) is 1. The third-order valence-electron chi connectivity index (χ3n) is 2.50. The minimum atomic E-state index is -0.335. The van der Waals surface area contributed by atoms with Crippen LogP contribution in [0, 0.1) is 0 Å². The summed E-state index contributed by atoms with van der Waals surface area (Å²) in [5.41, 5.74) is 1.58. The van der Waals surface area contributed by atoms with Gasteiger partial charge in [0.15, 0.2) is 0 Å². The summed E-state index contributed by atoms with van der Waals surface area (Å²) in [6.07, 6.45) is 3.16. The summed E-state index contributed by atoms with van der Waals surface area (Å²) < 4.78 is 5.45. The van der Waals surface area contributed by atoms with E-state index >= 15 is 0 Å². The number of rotatable bonds is 4. The van der Waals surface area contributed by atoms with Gasteiger partial charge in [-0.2, -0.15) is 0 Å². The highest BCUT2D eigenvalue weighted by molar-refractivity contribution is 9.10. The van der Waals surface area contributed by atoms with Gasteiger partial charge in [-0.25, -0.2) is 14.8 Å². The van der Waals surface area contributed by atoms with E-state index in [0.717, 1.165) is 15.9 Å². The highest BCUT2D eigenvalue weighted by Gasteiger charge is 2.05. The fourth-order valence-corrected chi connectivity index (χ4v) is 1.87. The summed E-state index contributed by atoms with van der Waals surface area (Å²) in [5, 5.41) is 3.18. The van der Waals surface area contributed by atoms with Crippen molar-refractivity contribution in [3.8, 4) is 0 Å². The van der Waals surface area contributed by atoms with Crippen LogP contribution in [0.2, 0.25) is 0 Å². The van der Waals surface area contributed by atoms with Crippen molar-refractivity contribution < 1.29 is 9.53 Å². The van der Waals surface area contributed by atoms with Gasteiger partial charge >= 0.3 is 5.97 Å². The topological polar surface area (TPSA) is 64.1 Å². The Morgan fingerprint density at radius 1 is 1.37 bits per heavy atom. The minimum absolute atomic E-state index is 0.335. The van der Waals surface area contributed by atoms with E-state index in [1.807, 2.05) is 12.1 Å². The molecule has 0 saturated heterocycles. The predicted octanol–water partition coefficient (Wildman–Crippen LogP) is 2.64. The van der Waals surface area contributed by atoms with Gasteiger partial charge in [-0.3, -0.25) is 0 Å². The maximum Gasteiger partial charge on any atom is 0.337 e. The van der Waals surface area contributed by atoms with Crippen molar-refractivity contribution >= 4 is 27.7 Å². The molecule has 6 heteroatoms. The normalized spacial score (nSPS) is 10.0. The van der Waals surface area contributed by atoms with E-state index in [1.54, 1.807) is 18.3 Å². The van der Waals surface area contributed by atoms with Crippen LogP contribution >= 0.6 is 15.9 Å². The van der Waals surface area contributed by atoms with Crippen LogP contribution in [0.3, 0.4) is 0 Å². The van der Waals surface area contributed by atoms with Gasteiger partial charge in [0.05, 0.1) is 17.1 Å². The van der Waals surface area contributed by atoms with Crippen molar-refractivity contribution in [2.45, 2.75) is 6.54 Å². The van der Waals surface area contributed by atoms with Crippen LogP contribution in [0.25, 0.3) is 0 Å². The Balaban J connectivity index is 2.01. The Hall–Kier alpha value is -1.95. The number of benzene rings is 1. The summed E-state index contributed by atoms with van der Waals surface area (Å²) in [4.78, 5) is 19.3. The number of carbonyl (C=O) groups excluding carboxylic acids is 1. The predicted molar refractivity (Wildman–Crippen MR) is 74.8 cm³/mol. The summed E-state index contributed by atoms with van der Waals surface area (Å²) in [6.45, 7) is 0.608. The molecule has 2 aromatic rings. The van der Waals surface area contributed by atoms with Crippen LogP contribution < -0.4 is 5.32 Å². The summed E-state index contributed by atoms with van der Waals surface area (Å²) in [7, 11) is 1.37. The van der Waals surface area contributed by atoms with Crippen molar-refractivity contribution in [2.24, 2.45) is 0 Å². The first-order valence-corrected chi connectivity index (χ1v) is 6.36. The number of nitrogens with zero attached hydrogens (tertiary/aromatic N) is 2. The van der Waals surface area contributed by atoms with Crippen molar-refractivity contribution in [1.82, 2.24) is 9.97 Å². The highest BCUT2D eigenvalue weighted by Crippen LogP contribution is 2.18. The van der Waals surface area contributed by atoms with E-state index in [4.69, 9.17) is 0 Å². The second kappa shape index (κ2) is 6.29. The zero-order chi connectivity index (χ0) is 13.7. The Bertz CT molecular complexity index is 572. The van der Waals surface area contributed by atoms with Crippen LogP contribution in [0.15, 0.2) is 41.3 Å². The van der Waals surface area contributed by atoms with Crippen LogP contribution in [-0.2, 0) is 11.3 Å². The largest absolute Gasteiger partial charge is 0.465 e. The molecule has 0 saturated carbocycles. The van der Waals surface area contributed by atoms with Gasteiger partial charge in [-0.15, -0.1) is 0 Å². The molecule has 98 valence electrons. The minimum Gasteiger partial charge on any atom is -0.465 e. The molecule has 1 N–H and O–H groups in total. The second-order valence-electron chi connectivity index (χ2n) is 3.76. The lowest BCUT2D eigenvalue weighted by atomic mass is 10.1. The lowest BCUT2D eigenvalue weighted by molar-refractivity contribution is 0.0600. The number of aromatic nitrogens is 2. The van der Waals surface area contributed by atoms with Crippen molar-refractivity contribution in [1.29, 1.82) is 0 Å². The number of halogens is 1. The zero-order valence-corrected chi connectivity index (χ0v) is 11.8. The van der Waals surface area contributed by atoms with Crippen molar-refractivity contribution in [2.75, 3.05) is 12.4 Å². The Morgan fingerprint density at radius 3 is 2.74 bits per heavy atom. The molecule has 0 aliphatic carbocycles. The van der Waals surface area contributed by atoms with E-state index in [1.165, 1.54) is 13.4 Å². The smallest absolute Gasteiger partial charge is 0.337 e. The number of hydrogen-bond acceptors (Lipinski definition) is 5. The Kier molecular flexibility index (Phi) is 4.46. The van der Waals surface area contributed by atoms with Gasteiger partial charge in [0, 0.05) is 12.7 Å². The first-order valence-electron chi connectivity index (χ1n) is 5.57. The number of anilines is 1. The molecule has 1 aromatic carbocycles. The fourth-order valence-electron chi connectivity index (χ4n) is 1.51. The Labute approximate surface area is 119 Å². The monoisotopic (exact) mass is 321 g/mol. The summed E-state index contributed by atoms with van der Waals surface area (Å²) >= 11 is 3.36. The zero-order valence-electron chi connectivity index (χ0n) is 10.3. The van der Waals surface area contributed by atoms with Gasteiger partial charge in [0.2, 0.25) is 0 Å². The molecule has 0 atom stereocenters. The highest BCUT2D eigenvalue weighted by atomic mass is 79.9. The Morgan fingerprint density at radius 2 is 2.11 bits per heavy atom. The first kappa shape index (κ1) is 13.5. The molecule has 0 amide bonds. The number of ether oxygens (including phenoxy) is 1. The van der Waals surface area contributed by atoms with E-state index in [0.29, 0.717) is 12.1 Å². The van der Waals surface area contributed by atoms with E-state index in [2.05, 4.69) is 36.0 Å². The van der Waals surface area contributed by atoms with Gasteiger partial charge in [-0.05, 0) is 33.6 Å². The lowest BCUT2D eigenvalue weighted by Crippen LogP contribution is -2.04. The van der Waals surface area contributed by atoms with Gasteiger partial charge in [0.1, 0.15) is 12.1 Å². The second-order valence-corrected chi connectivity index (χ2v) is 4.62. The van der Waals surface area contributed by atoms with Gasteiger partial charge in [-0.1, -0.05) is 12.1 Å². The number of carbonyl (C=O) groups is 1. The van der Waals surface area contributed by atoms with E-state index in [-0.39, 0.29) is 5.97 Å². The average molecular weight is 322 g/mol. The molecule has 0 aliphatic heterocycles. The van der Waals surface area contributed by atoms with E-state index < -0.39 is 0 Å². The molecular formula is C13H12BrN3O2. The molecular weight excluding hydrogens is 310 g/mol. The molecule has 1 aromatic heterocycles. The van der Waals surface area contributed by atoms with Gasteiger partial charge < -0.3 is 10.1 Å². The van der Waals surface area contributed by atoms with Crippen LogP contribution in [-0.4, -0.2) is 23.0 Å².